The molecule has 1 atom stereocenters. The van der Waals surface area contributed by atoms with E-state index in [1.54, 1.807) is 10.9 Å². The molecule has 0 saturated carbocycles. The van der Waals surface area contributed by atoms with Crippen LogP contribution in [-0.4, -0.2) is 43.5 Å². The molecule has 8 nitrogen and oxygen atoms in total. The molecule has 1 unspecified atom stereocenters. The Morgan fingerprint density at radius 3 is 3.14 bits per heavy atom. The fraction of sp³-hybridized carbons (Fsp3) is 0.368. The maximum absolute atomic E-state index is 4.64. The molecule has 0 amide bonds. The summed E-state index contributed by atoms with van der Waals surface area (Å²) >= 11 is 1.51. The first-order valence-electron chi connectivity index (χ1n) is 9.33. The van der Waals surface area contributed by atoms with Gasteiger partial charge in [-0.3, -0.25) is 14.2 Å². The summed E-state index contributed by atoms with van der Waals surface area (Å²) in [5.74, 6) is 1.40. The SMILES string of the molecule is C=N/C=C\n1c(-c2cnn(C)c2)cnc1CNc1cc(C2CCCNC2)ns1. The number of nitrogens with one attached hydrogen (secondary N) is 2. The molecule has 1 fully saturated rings. The number of aliphatic imine (C=N–C) groups is 1. The molecule has 0 aromatic carbocycles. The third-order valence-corrected chi connectivity index (χ3v) is 5.62. The minimum atomic E-state index is 0.515. The van der Waals surface area contributed by atoms with E-state index < -0.39 is 0 Å². The minimum absolute atomic E-state index is 0.515. The van der Waals surface area contributed by atoms with Crippen LogP contribution in [0.1, 0.15) is 30.3 Å². The number of aromatic nitrogens is 5. The molecule has 0 radical (unpaired) electrons. The maximum atomic E-state index is 4.64. The molecule has 146 valence electrons. The Balaban J connectivity index is 1.50. The summed E-state index contributed by atoms with van der Waals surface area (Å²) < 4.78 is 8.43. The van der Waals surface area contributed by atoms with Crippen LogP contribution in [0.5, 0.6) is 0 Å². The van der Waals surface area contributed by atoms with Gasteiger partial charge in [-0.15, -0.1) is 0 Å². The summed E-state index contributed by atoms with van der Waals surface area (Å²) in [7, 11) is 1.90. The Labute approximate surface area is 168 Å². The second kappa shape index (κ2) is 8.49. The van der Waals surface area contributed by atoms with E-state index in [4.69, 9.17) is 0 Å². The molecule has 0 bridgehead atoms. The van der Waals surface area contributed by atoms with Gasteiger partial charge in [-0.25, -0.2) is 4.98 Å². The van der Waals surface area contributed by atoms with Gasteiger partial charge in [-0.2, -0.15) is 9.47 Å². The zero-order chi connectivity index (χ0) is 19.3. The van der Waals surface area contributed by atoms with Crippen molar-refractivity contribution < 1.29 is 0 Å². The average molecular weight is 397 g/mol. The Morgan fingerprint density at radius 2 is 2.39 bits per heavy atom. The number of piperidine rings is 1. The van der Waals surface area contributed by atoms with E-state index in [1.807, 2.05) is 36.4 Å². The van der Waals surface area contributed by atoms with E-state index in [1.165, 1.54) is 30.1 Å². The second-order valence-electron chi connectivity index (χ2n) is 6.83. The lowest BCUT2D eigenvalue weighted by Crippen LogP contribution is -2.28. The lowest BCUT2D eigenvalue weighted by molar-refractivity contribution is 0.457. The van der Waals surface area contributed by atoms with Gasteiger partial charge in [0, 0.05) is 43.7 Å². The minimum Gasteiger partial charge on any atom is -0.368 e. The van der Waals surface area contributed by atoms with Crippen molar-refractivity contribution in [1.29, 1.82) is 0 Å². The highest BCUT2D eigenvalue weighted by Crippen LogP contribution is 2.28. The van der Waals surface area contributed by atoms with Gasteiger partial charge < -0.3 is 10.6 Å². The highest BCUT2D eigenvalue weighted by atomic mass is 32.1. The van der Waals surface area contributed by atoms with E-state index in [-0.39, 0.29) is 0 Å². The predicted octanol–water partition coefficient (Wildman–Crippen LogP) is 2.95. The van der Waals surface area contributed by atoms with Gasteiger partial charge in [-0.1, -0.05) is 0 Å². The monoisotopic (exact) mass is 396 g/mol. The summed E-state index contributed by atoms with van der Waals surface area (Å²) in [4.78, 5) is 8.42. The van der Waals surface area contributed by atoms with Crippen LogP contribution in [0.4, 0.5) is 5.00 Å². The molecule has 1 aliphatic heterocycles. The molecule has 0 spiro atoms. The van der Waals surface area contributed by atoms with Gasteiger partial charge in [0.1, 0.15) is 10.8 Å². The summed E-state index contributed by atoms with van der Waals surface area (Å²) in [5, 5.41) is 12.2. The highest BCUT2D eigenvalue weighted by Gasteiger charge is 2.18. The standard InChI is InChI=1S/C19H24N8S/c1-20-6-7-27-17(15-10-24-26(2)13-15)11-22-18(27)12-23-19-8-16(25-28-19)14-4-3-5-21-9-14/h6-8,10-11,13-14,21,23H,1,3-5,9,12H2,2H3/b7-6-. The molecule has 4 rings (SSSR count). The van der Waals surface area contributed by atoms with E-state index in [2.05, 4.69) is 42.9 Å². The predicted molar refractivity (Wildman–Crippen MR) is 114 cm³/mol. The number of anilines is 1. The van der Waals surface area contributed by atoms with E-state index >= 15 is 0 Å². The summed E-state index contributed by atoms with van der Waals surface area (Å²) in [5.41, 5.74) is 3.14. The van der Waals surface area contributed by atoms with Crippen molar-refractivity contribution in [3.05, 3.63) is 42.4 Å². The molecule has 1 aliphatic rings. The molecule has 28 heavy (non-hydrogen) atoms. The van der Waals surface area contributed by atoms with Crippen LogP contribution in [0.25, 0.3) is 17.5 Å². The zero-order valence-corrected chi connectivity index (χ0v) is 16.7. The van der Waals surface area contributed by atoms with Crippen LogP contribution in [-0.2, 0) is 13.6 Å². The molecule has 9 heteroatoms. The van der Waals surface area contributed by atoms with Gasteiger partial charge in [-0.05, 0) is 43.7 Å². The quantitative estimate of drug-likeness (QED) is 0.600. The maximum Gasteiger partial charge on any atom is 0.132 e. The van der Waals surface area contributed by atoms with E-state index in [0.29, 0.717) is 12.5 Å². The molecule has 0 aliphatic carbocycles. The van der Waals surface area contributed by atoms with E-state index in [9.17, 15) is 0 Å². The average Bonchev–Trinajstić information content (AvgIpc) is 3.45. The summed E-state index contributed by atoms with van der Waals surface area (Å²) in [6, 6.07) is 2.17. The van der Waals surface area contributed by atoms with Gasteiger partial charge in [0.05, 0.1) is 30.3 Å². The smallest absolute Gasteiger partial charge is 0.132 e. The Hall–Kier alpha value is -2.78. The van der Waals surface area contributed by atoms with Gasteiger partial charge in [0.2, 0.25) is 0 Å². The second-order valence-corrected chi connectivity index (χ2v) is 7.63. The number of hydrogen-bond donors (Lipinski definition) is 2. The topological polar surface area (TPSA) is 85.0 Å². The highest BCUT2D eigenvalue weighted by molar-refractivity contribution is 7.10. The van der Waals surface area contributed by atoms with Crippen molar-refractivity contribution in [2.45, 2.75) is 25.3 Å². The Kier molecular flexibility index (Phi) is 5.63. The summed E-state index contributed by atoms with van der Waals surface area (Å²) in [6.45, 7) is 6.24. The fourth-order valence-corrected chi connectivity index (χ4v) is 4.13. The number of hydrogen-bond acceptors (Lipinski definition) is 7. The van der Waals surface area contributed by atoms with Crippen molar-refractivity contribution >= 4 is 29.5 Å². The van der Waals surface area contributed by atoms with Crippen LogP contribution in [0.3, 0.4) is 0 Å². The summed E-state index contributed by atoms with van der Waals surface area (Å²) in [6.07, 6.45) is 11.6. The van der Waals surface area contributed by atoms with Gasteiger partial charge >= 0.3 is 0 Å². The van der Waals surface area contributed by atoms with Crippen LogP contribution in [0.15, 0.2) is 35.8 Å². The van der Waals surface area contributed by atoms with Crippen molar-refractivity contribution in [1.82, 2.24) is 29.0 Å². The van der Waals surface area contributed by atoms with Crippen LogP contribution >= 0.6 is 11.5 Å². The van der Waals surface area contributed by atoms with Crippen molar-refractivity contribution in [3.63, 3.8) is 0 Å². The lowest BCUT2D eigenvalue weighted by atomic mass is 9.96. The molecule has 4 heterocycles. The molecule has 1 saturated heterocycles. The molecular weight excluding hydrogens is 372 g/mol. The number of rotatable bonds is 7. The first-order valence-corrected chi connectivity index (χ1v) is 10.1. The normalized spacial score (nSPS) is 17.2. The third-order valence-electron chi connectivity index (χ3n) is 4.86. The van der Waals surface area contributed by atoms with Crippen molar-refractivity contribution in [2.24, 2.45) is 12.0 Å². The molecular formula is C19H24N8S. The zero-order valence-electron chi connectivity index (χ0n) is 15.9. The van der Waals surface area contributed by atoms with Crippen molar-refractivity contribution in [3.8, 4) is 11.3 Å². The first-order chi connectivity index (χ1) is 13.7. The lowest BCUT2D eigenvalue weighted by Gasteiger charge is -2.20. The van der Waals surface area contributed by atoms with Crippen LogP contribution < -0.4 is 10.6 Å². The van der Waals surface area contributed by atoms with Crippen molar-refractivity contribution in [2.75, 3.05) is 18.4 Å². The molecule has 3 aromatic heterocycles. The third kappa shape index (κ3) is 4.05. The molecule has 2 N–H and O–H groups in total. The largest absolute Gasteiger partial charge is 0.368 e. The Morgan fingerprint density at radius 1 is 1.46 bits per heavy atom. The number of nitrogens with zero attached hydrogens (tertiary/aromatic N) is 6. The fourth-order valence-electron chi connectivity index (χ4n) is 3.41. The van der Waals surface area contributed by atoms with Gasteiger partial charge in [0.25, 0.3) is 0 Å². The number of aryl methyl sites for hydroxylation is 1. The number of imidazole rings is 1. The van der Waals surface area contributed by atoms with Crippen LogP contribution in [0.2, 0.25) is 0 Å². The first kappa shape index (κ1) is 18.6. The molecule has 3 aromatic rings. The Bertz CT molecular complexity index is 960. The van der Waals surface area contributed by atoms with E-state index in [0.717, 1.165) is 35.2 Å². The van der Waals surface area contributed by atoms with Gasteiger partial charge in [0.15, 0.2) is 0 Å². The van der Waals surface area contributed by atoms with Crippen LogP contribution in [0, 0.1) is 0 Å².